The van der Waals surface area contributed by atoms with Gasteiger partial charge in [0.2, 0.25) is 27.7 Å². The number of pyridine rings is 1. The minimum atomic E-state index is -4.90. The zero-order valence-electron chi connectivity index (χ0n) is 27.2. The van der Waals surface area contributed by atoms with E-state index in [1.165, 1.54) is 12.3 Å². The molecule has 2 fully saturated rings. The average molecular weight is 848 g/mol. The Kier molecular flexibility index (Phi) is 12.1. The van der Waals surface area contributed by atoms with E-state index in [0.717, 1.165) is 15.8 Å². The van der Waals surface area contributed by atoms with Gasteiger partial charge in [-0.05, 0) is 55.2 Å². The molecule has 1 saturated carbocycles. The molecule has 3 N–H and O–H groups in total. The third-order valence-corrected chi connectivity index (χ3v) is 11.6. The van der Waals surface area contributed by atoms with Crippen LogP contribution in [0.1, 0.15) is 50.5 Å². The molecular weight excluding hydrogens is 810 g/mol. The number of benzene rings is 1. The third-order valence-electron chi connectivity index (χ3n) is 8.54. The number of nitrogens with one attached hydrogen (secondary N) is 3. The molecule has 5 rings (SSSR count). The number of alkyl carbamates (subject to hydrolysis) is 1. The fourth-order valence-corrected chi connectivity index (χ4v) is 7.63. The maximum Gasteiger partial charge on any atom is 0.407 e. The lowest BCUT2D eigenvalue weighted by Gasteiger charge is -2.30. The summed E-state index contributed by atoms with van der Waals surface area (Å²) in [4.78, 5) is 58.8. The van der Waals surface area contributed by atoms with Crippen LogP contribution in [-0.4, -0.2) is 94.8 Å². The van der Waals surface area contributed by atoms with Gasteiger partial charge in [0.1, 0.15) is 24.2 Å². The number of cyclic esters (lactones) is 1. The molecule has 0 spiro atoms. The molecular formula is C33H37F3IN5O8S. The summed E-state index contributed by atoms with van der Waals surface area (Å²) in [6.07, 6.45) is -0.0514. The topological polar surface area (TPSA) is 173 Å². The van der Waals surface area contributed by atoms with Gasteiger partial charge in [0.15, 0.2) is 0 Å². The van der Waals surface area contributed by atoms with E-state index in [1.807, 2.05) is 40.4 Å². The van der Waals surface area contributed by atoms with Crippen LogP contribution in [0.3, 0.4) is 0 Å². The van der Waals surface area contributed by atoms with Crippen molar-refractivity contribution >= 4 is 73.3 Å². The van der Waals surface area contributed by atoms with E-state index in [1.54, 1.807) is 28.7 Å². The molecule has 1 aliphatic carbocycles. The number of rotatable bonds is 8. The second-order valence-corrected chi connectivity index (χ2v) is 15.9. The van der Waals surface area contributed by atoms with Crippen LogP contribution in [0.15, 0.2) is 49.2 Å². The number of aromatic nitrogens is 1. The number of halogens is 4. The van der Waals surface area contributed by atoms with Crippen molar-refractivity contribution in [3.05, 3.63) is 54.8 Å². The van der Waals surface area contributed by atoms with Gasteiger partial charge >= 0.3 is 12.3 Å². The monoisotopic (exact) mass is 847 g/mol. The lowest BCUT2D eigenvalue weighted by atomic mass is 10.1. The lowest BCUT2D eigenvalue weighted by molar-refractivity contribution is -0.155. The summed E-state index contributed by atoms with van der Waals surface area (Å²) in [5.74, 6) is -3.08. The molecule has 1 unspecified atom stereocenters. The summed E-state index contributed by atoms with van der Waals surface area (Å²) in [5.41, 5.74) is 0.841. The minimum absolute atomic E-state index is 0.108. The number of nitrogens with zero attached hydrogens (tertiary/aromatic N) is 2. The number of carbonyl (C=O) groups is 4. The van der Waals surface area contributed by atoms with Crippen molar-refractivity contribution < 1.29 is 50.2 Å². The molecule has 4 bridgehead atoms. The van der Waals surface area contributed by atoms with Gasteiger partial charge in [-0.25, -0.2) is 18.2 Å². The van der Waals surface area contributed by atoms with Gasteiger partial charge in [-0.3, -0.25) is 19.1 Å². The highest BCUT2D eigenvalue weighted by Crippen LogP contribution is 2.31. The maximum absolute atomic E-state index is 13.9. The van der Waals surface area contributed by atoms with Crippen LogP contribution in [0.4, 0.5) is 18.0 Å². The summed E-state index contributed by atoms with van der Waals surface area (Å²) >= 11 is 1.78. The summed E-state index contributed by atoms with van der Waals surface area (Å²) < 4.78 is 78.8. The SMILES string of the molecule is C=C[C@H](I)C(NC(=O)[C@@H]1C[C@@H]2CN1C(=O)[C@@H](CC(F)(F)F)NC(=O)OCCCC/C=C/c1ccc3ccnc(c3c1)O2)C(=O)NS(=O)(=O)C1CC1. The van der Waals surface area contributed by atoms with E-state index in [2.05, 4.69) is 16.9 Å². The molecule has 2 aliphatic heterocycles. The van der Waals surface area contributed by atoms with Crippen molar-refractivity contribution in [2.24, 2.45) is 0 Å². The van der Waals surface area contributed by atoms with Crippen LogP contribution in [0, 0.1) is 0 Å². The summed E-state index contributed by atoms with van der Waals surface area (Å²) in [5, 5.41) is 5.14. The van der Waals surface area contributed by atoms with Crippen molar-refractivity contribution in [1.29, 1.82) is 0 Å². The number of carbonyl (C=O) groups excluding carboxylic acids is 4. The summed E-state index contributed by atoms with van der Waals surface area (Å²) in [7, 11) is -4.01. The number of sulfonamides is 1. The number of ether oxygens (including phenoxy) is 2. The first-order valence-corrected chi connectivity index (χ1v) is 19.1. The van der Waals surface area contributed by atoms with E-state index in [0.29, 0.717) is 37.5 Å². The third kappa shape index (κ3) is 10.1. The average Bonchev–Trinajstić information content (AvgIpc) is 3.86. The normalized spacial score (nSPS) is 23.8. The number of fused-ring (bicyclic) bond motifs is 3. The van der Waals surface area contributed by atoms with Gasteiger partial charge in [-0.2, -0.15) is 13.2 Å². The van der Waals surface area contributed by atoms with Crippen molar-refractivity contribution in [2.45, 2.75) is 84.5 Å². The smallest absolute Gasteiger partial charge is 0.407 e. The zero-order chi connectivity index (χ0) is 36.9. The standard InChI is InChI=1S/C33H37F3IN5O8S/c1-2-24(37)27(29(44)41-51(47,48)22-10-11-22)40-28(43)26-16-21-18-42(26)31(45)25(17-33(34,35)36)39-32(46)49-14-6-4-3-5-7-19-8-9-20-12-13-38-30(50-21)23(20)15-19/h2,5,7-9,12-13,15,21-22,24-27H,1,3-4,6,10-11,14,16-18H2,(H,39,46)(H,40,43)(H,41,44)/b7-5+/t21-,24+,25-,26+,27?/m1/s1. The molecule has 1 aromatic carbocycles. The Morgan fingerprint density at radius 3 is 2.67 bits per heavy atom. The highest BCUT2D eigenvalue weighted by atomic mass is 127. The molecule has 1 saturated heterocycles. The first-order chi connectivity index (χ1) is 24.1. The van der Waals surface area contributed by atoms with Gasteiger partial charge in [-0.15, -0.1) is 6.58 Å². The zero-order valence-corrected chi connectivity index (χ0v) is 30.2. The van der Waals surface area contributed by atoms with E-state index in [9.17, 15) is 40.8 Å². The summed E-state index contributed by atoms with van der Waals surface area (Å²) in [6, 6.07) is 2.25. The van der Waals surface area contributed by atoms with Crippen molar-refractivity contribution in [1.82, 2.24) is 25.2 Å². The van der Waals surface area contributed by atoms with Crippen LogP contribution in [0.25, 0.3) is 16.8 Å². The Morgan fingerprint density at radius 2 is 1.96 bits per heavy atom. The number of amides is 4. The van der Waals surface area contributed by atoms with E-state index >= 15 is 0 Å². The van der Waals surface area contributed by atoms with Crippen molar-refractivity contribution in [3.8, 4) is 5.88 Å². The molecule has 3 heterocycles. The molecule has 51 heavy (non-hydrogen) atoms. The van der Waals surface area contributed by atoms with Crippen LogP contribution >= 0.6 is 22.6 Å². The lowest BCUT2D eigenvalue weighted by Crippen LogP contribution is -2.58. The predicted molar refractivity (Wildman–Crippen MR) is 188 cm³/mol. The first kappa shape index (κ1) is 38.3. The van der Waals surface area contributed by atoms with Gasteiger partial charge < -0.3 is 25.0 Å². The largest absolute Gasteiger partial charge is 0.472 e. The van der Waals surface area contributed by atoms with Gasteiger partial charge in [-0.1, -0.05) is 53.0 Å². The minimum Gasteiger partial charge on any atom is -0.472 e. The fraction of sp³-hybridized carbons (Fsp3) is 0.485. The van der Waals surface area contributed by atoms with Crippen LogP contribution < -0.4 is 20.1 Å². The Bertz CT molecular complexity index is 1810. The second-order valence-electron chi connectivity index (χ2n) is 12.5. The number of hydrogen-bond donors (Lipinski definition) is 3. The van der Waals surface area contributed by atoms with E-state index < -0.39 is 79.8 Å². The van der Waals surface area contributed by atoms with E-state index in [-0.39, 0.29) is 25.5 Å². The van der Waals surface area contributed by atoms with E-state index in [4.69, 9.17) is 9.47 Å². The molecule has 1 aromatic heterocycles. The fourth-order valence-electron chi connectivity index (χ4n) is 5.79. The molecule has 0 radical (unpaired) electrons. The number of alkyl halides is 4. The Labute approximate surface area is 305 Å². The van der Waals surface area contributed by atoms with Gasteiger partial charge in [0.25, 0.3) is 5.91 Å². The van der Waals surface area contributed by atoms with Gasteiger partial charge in [0.05, 0.1) is 28.7 Å². The molecule has 4 amide bonds. The predicted octanol–water partition coefficient (Wildman–Crippen LogP) is 3.91. The molecule has 18 heteroatoms. The Balaban J connectivity index is 1.49. The highest BCUT2D eigenvalue weighted by Gasteiger charge is 2.47. The summed E-state index contributed by atoms with van der Waals surface area (Å²) in [6.45, 7) is 3.13. The number of allylic oxidation sites excluding steroid dienone is 1. The first-order valence-electron chi connectivity index (χ1n) is 16.3. The van der Waals surface area contributed by atoms with Crippen LogP contribution in [-0.2, 0) is 29.1 Å². The van der Waals surface area contributed by atoms with Crippen LogP contribution in [0.2, 0.25) is 0 Å². The van der Waals surface area contributed by atoms with Crippen LogP contribution in [0.5, 0.6) is 5.88 Å². The maximum atomic E-state index is 13.9. The van der Waals surface area contributed by atoms with Crippen molar-refractivity contribution in [2.75, 3.05) is 13.2 Å². The Morgan fingerprint density at radius 1 is 1.20 bits per heavy atom. The number of hydrogen-bond acceptors (Lipinski definition) is 9. The molecule has 276 valence electrons. The molecule has 13 nitrogen and oxygen atoms in total. The molecule has 2 aromatic rings. The quantitative estimate of drug-likeness (QED) is 0.202. The Hall–Kier alpha value is -3.94. The highest BCUT2D eigenvalue weighted by molar-refractivity contribution is 14.1. The van der Waals surface area contributed by atoms with Crippen molar-refractivity contribution in [3.63, 3.8) is 0 Å². The molecule has 5 atom stereocenters. The van der Waals surface area contributed by atoms with Gasteiger partial charge in [0, 0.05) is 18.0 Å². The molecule has 3 aliphatic rings. The second kappa shape index (κ2) is 16.2.